The topological polar surface area (TPSA) is 75.4 Å². The van der Waals surface area contributed by atoms with Crippen molar-refractivity contribution in [3.63, 3.8) is 0 Å². The second-order valence-corrected chi connectivity index (χ2v) is 4.18. The van der Waals surface area contributed by atoms with E-state index in [-0.39, 0.29) is 5.91 Å². The van der Waals surface area contributed by atoms with E-state index in [1.807, 2.05) is 12.3 Å². The van der Waals surface area contributed by atoms with Gasteiger partial charge in [-0.1, -0.05) is 0 Å². The van der Waals surface area contributed by atoms with Gasteiger partial charge in [-0.05, 0) is 12.5 Å². The minimum absolute atomic E-state index is 0.0367. The lowest BCUT2D eigenvalue weighted by atomic mass is 9.98. The number of carboxylic acids is 1. The van der Waals surface area contributed by atoms with Gasteiger partial charge in [-0.25, -0.2) is 0 Å². The highest BCUT2D eigenvalue weighted by molar-refractivity contribution is 5.80. The first kappa shape index (κ1) is 11.6. The Balaban J connectivity index is 1.89. The third kappa shape index (κ3) is 2.83. The molecule has 1 atom stereocenters. The van der Waals surface area contributed by atoms with Crippen molar-refractivity contribution in [2.24, 2.45) is 5.92 Å². The van der Waals surface area contributed by atoms with Crippen LogP contribution in [0.3, 0.4) is 0 Å². The van der Waals surface area contributed by atoms with Crippen LogP contribution in [0.2, 0.25) is 0 Å². The molecule has 2 heterocycles. The highest BCUT2D eigenvalue weighted by Crippen LogP contribution is 2.17. The van der Waals surface area contributed by atoms with Gasteiger partial charge in [-0.2, -0.15) is 5.10 Å². The first-order valence-electron chi connectivity index (χ1n) is 5.65. The van der Waals surface area contributed by atoms with E-state index in [1.54, 1.807) is 15.8 Å². The van der Waals surface area contributed by atoms with Gasteiger partial charge in [0.2, 0.25) is 5.91 Å². The first-order valence-corrected chi connectivity index (χ1v) is 5.65. The molecule has 6 nitrogen and oxygen atoms in total. The van der Waals surface area contributed by atoms with Gasteiger partial charge < -0.3 is 10.0 Å². The summed E-state index contributed by atoms with van der Waals surface area (Å²) in [5.41, 5.74) is 0. The molecular formula is C11H15N3O3. The summed E-state index contributed by atoms with van der Waals surface area (Å²) in [6.45, 7) is 1.44. The zero-order chi connectivity index (χ0) is 12.3. The van der Waals surface area contributed by atoms with Gasteiger partial charge in [0.15, 0.2) is 0 Å². The molecule has 1 saturated heterocycles. The Bertz CT molecular complexity index is 402. The van der Waals surface area contributed by atoms with Crippen molar-refractivity contribution >= 4 is 11.9 Å². The molecule has 0 saturated carbocycles. The lowest BCUT2D eigenvalue weighted by molar-refractivity contribution is -0.147. The number of amides is 1. The van der Waals surface area contributed by atoms with E-state index in [0.29, 0.717) is 32.5 Å². The number of aromatic nitrogens is 2. The number of piperidine rings is 1. The van der Waals surface area contributed by atoms with E-state index in [0.717, 1.165) is 0 Å². The number of nitrogens with zero attached hydrogens (tertiary/aromatic N) is 3. The van der Waals surface area contributed by atoms with E-state index >= 15 is 0 Å². The number of carboxylic acid groups (broad SMARTS) is 1. The highest BCUT2D eigenvalue weighted by atomic mass is 16.4. The molecule has 6 heteroatoms. The average molecular weight is 237 g/mol. The largest absolute Gasteiger partial charge is 0.481 e. The Morgan fingerprint density at radius 2 is 2.35 bits per heavy atom. The summed E-state index contributed by atoms with van der Waals surface area (Å²) < 4.78 is 1.73. The van der Waals surface area contributed by atoms with Crippen molar-refractivity contribution in [2.75, 3.05) is 13.1 Å². The van der Waals surface area contributed by atoms with Crippen LogP contribution in [0.1, 0.15) is 12.8 Å². The lowest BCUT2D eigenvalue weighted by Crippen LogP contribution is -2.43. The minimum atomic E-state index is -0.818. The molecular weight excluding hydrogens is 222 g/mol. The van der Waals surface area contributed by atoms with Crippen LogP contribution in [0.4, 0.5) is 0 Å². The second kappa shape index (κ2) is 4.99. The Morgan fingerprint density at radius 3 is 3.00 bits per heavy atom. The average Bonchev–Trinajstić information content (AvgIpc) is 2.80. The fourth-order valence-electron chi connectivity index (χ4n) is 1.99. The van der Waals surface area contributed by atoms with Crippen LogP contribution in [0.5, 0.6) is 0 Å². The summed E-state index contributed by atoms with van der Waals surface area (Å²) in [7, 11) is 0. The van der Waals surface area contributed by atoms with E-state index in [9.17, 15) is 9.59 Å². The maximum absolute atomic E-state index is 11.6. The van der Waals surface area contributed by atoms with Gasteiger partial charge in [0.05, 0.1) is 12.5 Å². The third-order valence-corrected chi connectivity index (χ3v) is 3.01. The first-order chi connectivity index (χ1) is 8.16. The van der Waals surface area contributed by atoms with E-state index in [4.69, 9.17) is 5.11 Å². The number of aliphatic carboxylic acids is 1. The summed E-state index contributed by atoms with van der Waals surface area (Å²) in [5.74, 6) is -1.21. The van der Waals surface area contributed by atoms with Crippen molar-refractivity contribution in [1.82, 2.24) is 14.7 Å². The lowest BCUT2D eigenvalue weighted by Gasteiger charge is -2.30. The zero-order valence-electron chi connectivity index (χ0n) is 9.45. The molecule has 0 spiro atoms. The van der Waals surface area contributed by atoms with Crippen LogP contribution in [0.25, 0.3) is 0 Å². The van der Waals surface area contributed by atoms with Crippen LogP contribution in [-0.4, -0.2) is 44.8 Å². The molecule has 1 aliphatic rings. The van der Waals surface area contributed by atoms with Crippen LogP contribution in [0, 0.1) is 5.92 Å². The predicted molar refractivity (Wildman–Crippen MR) is 59.2 cm³/mol. The molecule has 1 fully saturated rings. The maximum atomic E-state index is 11.6. The SMILES string of the molecule is O=C(O)C1CCC(=O)N(CCn2cccn2)C1. The van der Waals surface area contributed by atoms with Crippen molar-refractivity contribution < 1.29 is 14.7 Å². The fraction of sp³-hybridized carbons (Fsp3) is 0.545. The summed E-state index contributed by atoms with van der Waals surface area (Å²) in [5, 5.41) is 13.0. The van der Waals surface area contributed by atoms with E-state index < -0.39 is 11.9 Å². The number of carbonyl (C=O) groups excluding carboxylic acids is 1. The predicted octanol–water partition coefficient (Wildman–Crippen LogP) is 0.206. The van der Waals surface area contributed by atoms with Gasteiger partial charge in [-0.3, -0.25) is 14.3 Å². The van der Waals surface area contributed by atoms with Crippen molar-refractivity contribution in [2.45, 2.75) is 19.4 Å². The van der Waals surface area contributed by atoms with Crippen molar-refractivity contribution in [3.05, 3.63) is 18.5 Å². The monoisotopic (exact) mass is 237 g/mol. The zero-order valence-corrected chi connectivity index (χ0v) is 9.45. The van der Waals surface area contributed by atoms with Gasteiger partial charge in [0.1, 0.15) is 0 Å². The van der Waals surface area contributed by atoms with E-state index in [1.165, 1.54) is 0 Å². The Morgan fingerprint density at radius 1 is 1.53 bits per heavy atom. The number of hydrogen-bond donors (Lipinski definition) is 1. The molecule has 0 aliphatic carbocycles. The minimum Gasteiger partial charge on any atom is -0.481 e. The summed E-state index contributed by atoms with van der Waals surface area (Å²) >= 11 is 0. The normalized spacial score (nSPS) is 20.6. The smallest absolute Gasteiger partial charge is 0.308 e. The fourth-order valence-corrected chi connectivity index (χ4v) is 1.99. The van der Waals surface area contributed by atoms with Crippen LogP contribution < -0.4 is 0 Å². The molecule has 1 N–H and O–H groups in total. The quantitative estimate of drug-likeness (QED) is 0.812. The van der Waals surface area contributed by atoms with Gasteiger partial charge in [0.25, 0.3) is 0 Å². The summed E-state index contributed by atoms with van der Waals surface area (Å²) in [6.07, 6.45) is 4.28. The standard InChI is InChI=1S/C11H15N3O3/c15-10-3-2-9(11(16)17)8-13(10)6-7-14-5-1-4-12-14/h1,4-5,9H,2-3,6-8H2,(H,16,17). The second-order valence-electron chi connectivity index (χ2n) is 4.18. The number of rotatable bonds is 4. The van der Waals surface area contributed by atoms with E-state index in [2.05, 4.69) is 5.10 Å². The van der Waals surface area contributed by atoms with Crippen LogP contribution >= 0.6 is 0 Å². The molecule has 2 rings (SSSR count). The molecule has 1 aromatic rings. The Labute approximate surface area is 98.8 Å². The highest BCUT2D eigenvalue weighted by Gasteiger charge is 2.29. The van der Waals surface area contributed by atoms with Crippen molar-refractivity contribution in [3.8, 4) is 0 Å². The molecule has 1 amide bonds. The third-order valence-electron chi connectivity index (χ3n) is 3.01. The molecule has 1 aliphatic heterocycles. The molecule has 92 valence electrons. The molecule has 0 aromatic carbocycles. The molecule has 1 unspecified atom stereocenters. The van der Waals surface area contributed by atoms with Crippen LogP contribution in [0.15, 0.2) is 18.5 Å². The van der Waals surface area contributed by atoms with Gasteiger partial charge in [0, 0.05) is 31.9 Å². The number of carbonyl (C=O) groups is 2. The Hall–Kier alpha value is -1.85. The molecule has 17 heavy (non-hydrogen) atoms. The summed E-state index contributed by atoms with van der Waals surface area (Å²) in [6, 6.07) is 1.82. The maximum Gasteiger partial charge on any atom is 0.308 e. The Kier molecular flexibility index (Phi) is 3.41. The molecule has 0 radical (unpaired) electrons. The van der Waals surface area contributed by atoms with Gasteiger partial charge >= 0.3 is 5.97 Å². The van der Waals surface area contributed by atoms with Crippen LogP contribution in [-0.2, 0) is 16.1 Å². The van der Waals surface area contributed by atoms with Gasteiger partial charge in [-0.15, -0.1) is 0 Å². The molecule has 0 bridgehead atoms. The number of hydrogen-bond acceptors (Lipinski definition) is 3. The molecule has 1 aromatic heterocycles. The number of likely N-dealkylation sites (tertiary alicyclic amines) is 1. The van der Waals surface area contributed by atoms with Crippen molar-refractivity contribution in [1.29, 1.82) is 0 Å². The summed E-state index contributed by atoms with van der Waals surface area (Å²) in [4.78, 5) is 24.1.